The summed E-state index contributed by atoms with van der Waals surface area (Å²) in [5.41, 5.74) is 0. The fourth-order valence-corrected chi connectivity index (χ4v) is 2.04. The monoisotopic (exact) mass is 270 g/mol. The lowest BCUT2D eigenvalue weighted by Crippen LogP contribution is -2.04. The van der Waals surface area contributed by atoms with Crippen LogP contribution < -0.4 is 4.74 Å². The molecule has 1 aromatic carbocycles. The fourth-order valence-electron chi connectivity index (χ4n) is 1.06. The Balaban J connectivity index is 3.33. The summed E-state index contributed by atoms with van der Waals surface area (Å²) in [6.45, 7) is 1.87. The summed E-state index contributed by atoms with van der Waals surface area (Å²) < 4.78 is 53.2. The van der Waals surface area contributed by atoms with Crippen LogP contribution in [0, 0.1) is 11.6 Å². The second kappa shape index (κ2) is 4.97. The molecule has 0 aliphatic heterocycles. The fraction of sp³-hybridized carbons (Fsp3) is 0.333. The molecule has 3 nitrogen and oxygen atoms in total. The number of benzene rings is 1. The number of hydrogen-bond donors (Lipinski definition) is 0. The smallest absolute Gasteiger partial charge is 0.265 e. The number of halogens is 3. The maximum Gasteiger partial charge on any atom is 0.265 e. The van der Waals surface area contributed by atoms with Crippen molar-refractivity contribution in [2.24, 2.45) is 0 Å². The molecule has 0 saturated carbocycles. The van der Waals surface area contributed by atoms with Crippen molar-refractivity contribution in [2.75, 3.05) is 6.61 Å². The molecule has 0 amide bonds. The van der Waals surface area contributed by atoms with Crippen LogP contribution in [0.15, 0.2) is 17.0 Å². The lowest BCUT2D eigenvalue weighted by molar-refractivity contribution is 0.291. The lowest BCUT2D eigenvalue weighted by atomic mass is 10.3. The molecule has 0 aliphatic carbocycles. The Hall–Kier alpha value is -0.880. The van der Waals surface area contributed by atoms with Crippen LogP contribution in [0.1, 0.15) is 13.3 Å². The summed E-state index contributed by atoms with van der Waals surface area (Å²) in [6, 6.07) is 1.16. The molecule has 0 atom stereocenters. The van der Waals surface area contributed by atoms with Gasteiger partial charge in [0.1, 0.15) is 10.7 Å². The number of rotatable bonds is 4. The molecule has 1 rings (SSSR count). The zero-order valence-corrected chi connectivity index (χ0v) is 9.91. The Morgan fingerprint density at radius 3 is 2.50 bits per heavy atom. The van der Waals surface area contributed by atoms with E-state index in [1.165, 1.54) is 0 Å². The molecule has 0 unspecified atom stereocenters. The largest absolute Gasteiger partial charge is 0.489 e. The van der Waals surface area contributed by atoms with E-state index in [4.69, 9.17) is 15.4 Å². The van der Waals surface area contributed by atoms with Crippen LogP contribution in [0.2, 0.25) is 0 Å². The van der Waals surface area contributed by atoms with Crippen LogP contribution in [-0.2, 0) is 9.05 Å². The van der Waals surface area contributed by atoms with Gasteiger partial charge in [-0.15, -0.1) is 0 Å². The minimum atomic E-state index is -4.24. The van der Waals surface area contributed by atoms with Crippen LogP contribution in [0.25, 0.3) is 0 Å². The quantitative estimate of drug-likeness (QED) is 0.790. The first kappa shape index (κ1) is 13.2. The molecule has 90 valence electrons. The van der Waals surface area contributed by atoms with Gasteiger partial charge in [0.25, 0.3) is 9.05 Å². The first-order chi connectivity index (χ1) is 7.36. The predicted molar refractivity (Wildman–Crippen MR) is 55.2 cm³/mol. The Morgan fingerprint density at radius 1 is 1.38 bits per heavy atom. The van der Waals surface area contributed by atoms with Crippen molar-refractivity contribution in [2.45, 2.75) is 18.2 Å². The molecule has 0 aliphatic rings. The second-order valence-electron chi connectivity index (χ2n) is 3.00. The van der Waals surface area contributed by atoms with Crippen LogP contribution >= 0.6 is 10.7 Å². The van der Waals surface area contributed by atoms with Crippen molar-refractivity contribution in [3.63, 3.8) is 0 Å². The molecule has 16 heavy (non-hydrogen) atoms. The summed E-state index contributed by atoms with van der Waals surface area (Å²) in [7, 11) is 0.804. The van der Waals surface area contributed by atoms with Gasteiger partial charge in [-0.2, -0.15) is 0 Å². The van der Waals surface area contributed by atoms with Gasteiger partial charge in [-0.3, -0.25) is 0 Å². The molecule has 0 heterocycles. The van der Waals surface area contributed by atoms with Gasteiger partial charge in [-0.1, -0.05) is 6.92 Å². The molecule has 0 fully saturated rings. The van der Waals surface area contributed by atoms with E-state index in [0.717, 1.165) is 0 Å². The normalized spacial score (nSPS) is 11.5. The van der Waals surface area contributed by atoms with Crippen molar-refractivity contribution in [3.8, 4) is 5.75 Å². The molecule has 1 aromatic rings. The SMILES string of the molecule is CCCOc1c(F)cc(F)cc1S(=O)(=O)Cl. The van der Waals surface area contributed by atoms with Crippen LogP contribution in [0.4, 0.5) is 8.78 Å². The van der Waals surface area contributed by atoms with Crippen LogP contribution in [-0.4, -0.2) is 15.0 Å². The molecule has 0 spiro atoms. The van der Waals surface area contributed by atoms with Crippen LogP contribution in [0.3, 0.4) is 0 Å². The Bertz CT molecular complexity index is 488. The zero-order chi connectivity index (χ0) is 12.3. The van der Waals surface area contributed by atoms with Gasteiger partial charge in [0.2, 0.25) is 0 Å². The van der Waals surface area contributed by atoms with Crippen molar-refractivity contribution in [1.82, 2.24) is 0 Å². The summed E-state index contributed by atoms with van der Waals surface area (Å²) >= 11 is 0. The molecule has 0 bridgehead atoms. The van der Waals surface area contributed by atoms with Gasteiger partial charge >= 0.3 is 0 Å². The number of hydrogen-bond acceptors (Lipinski definition) is 3. The maximum absolute atomic E-state index is 13.3. The highest BCUT2D eigenvalue weighted by Gasteiger charge is 2.22. The highest BCUT2D eigenvalue weighted by Crippen LogP contribution is 2.30. The van der Waals surface area contributed by atoms with Crippen molar-refractivity contribution >= 4 is 19.7 Å². The van der Waals surface area contributed by atoms with E-state index in [1.54, 1.807) is 6.92 Å². The first-order valence-electron chi connectivity index (χ1n) is 4.42. The van der Waals surface area contributed by atoms with E-state index in [2.05, 4.69) is 0 Å². The minimum absolute atomic E-state index is 0.113. The average Bonchev–Trinajstić information content (AvgIpc) is 2.14. The second-order valence-corrected chi connectivity index (χ2v) is 5.54. The van der Waals surface area contributed by atoms with Gasteiger partial charge in [0, 0.05) is 16.7 Å². The first-order valence-corrected chi connectivity index (χ1v) is 6.73. The topological polar surface area (TPSA) is 43.4 Å². The van der Waals surface area contributed by atoms with Crippen molar-refractivity contribution in [1.29, 1.82) is 0 Å². The third-order valence-electron chi connectivity index (χ3n) is 1.69. The molecular formula is C9H9ClF2O3S. The zero-order valence-electron chi connectivity index (χ0n) is 8.34. The minimum Gasteiger partial charge on any atom is -0.489 e. The highest BCUT2D eigenvalue weighted by molar-refractivity contribution is 8.13. The van der Waals surface area contributed by atoms with E-state index in [1.807, 2.05) is 0 Å². The molecule has 0 N–H and O–H groups in total. The third-order valence-corrected chi connectivity index (χ3v) is 3.01. The van der Waals surface area contributed by atoms with E-state index in [9.17, 15) is 17.2 Å². The van der Waals surface area contributed by atoms with Gasteiger partial charge < -0.3 is 4.74 Å². The summed E-state index contributed by atoms with van der Waals surface area (Å²) in [6.07, 6.45) is 0.554. The number of ether oxygens (including phenoxy) is 1. The summed E-state index contributed by atoms with van der Waals surface area (Å²) in [5.74, 6) is -2.66. The highest BCUT2D eigenvalue weighted by atomic mass is 35.7. The van der Waals surface area contributed by atoms with Gasteiger partial charge in [0.15, 0.2) is 11.6 Å². The average molecular weight is 271 g/mol. The van der Waals surface area contributed by atoms with Gasteiger partial charge in [-0.25, -0.2) is 17.2 Å². The van der Waals surface area contributed by atoms with Crippen molar-refractivity contribution in [3.05, 3.63) is 23.8 Å². The van der Waals surface area contributed by atoms with E-state index >= 15 is 0 Å². The van der Waals surface area contributed by atoms with E-state index in [0.29, 0.717) is 18.6 Å². The Kier molecular flexibility index (Phi) is 4.09. The standard InChI is InChI=1S/C9H9ClF2O3S/c1-2-3-15-9-7(12)4-6(11)5-8(9)16(10,13)14/h4-5H,2-3H2,1H3. The Labute approximate surface area is 96.4 Å². The molecule has 0 aromatic heterocycles. The maximum atomic E-state index is 13.3. The van der Waals surface area contributed by atoms with E-state index < -0.39 is 31.3 Å². The molecule has 7 heteroatoms. The summed E-state index contributed by atoms with van der Waals surface area (Å²) in [5, 5.41) is 0. The molecule has 0 saturated heterocycles. The lowest BCUT2D eigenvalue weighted by Gasteiger charge is -2.09. The predicted octanol–water partition coefficient (Wildman–Crippen LogP) is 2.68. The summed E-state index contributed by atoms with van der Waals surface area (Å²) in [4.78, 5) is -0.694. The van der Waals surface area contributed by atoms with E-state index in [-0.39, 0.29) is 6.61 Å². The molecule has 0 radical (unpaired) electrons. The van der Waals surface area contributed by atoms with Gasteiger partial charge in [0.05, 0.1) is 6.61 Å². The van der Waals surface area contributed by atoms with Gasteiger partial charge in [-0.05, 0) is 12.5 Å². The molecular weight excluding hydrogens is 262 g/mol. The Morgan fingerprint density at radius 2 is 2.00 bits per heavy atom. The van der Waals surface area contributed by atoms with Crippen molar-refractivity contribution < 1.29 is 21.9 Å². The van der Waals surface area contributed by atoms with Crippen LogP contribution in [0.5, 0.6) is 5.75 Å². The third kappa shape index (κ3) is 3.05.